The zero-order valence-corrected chi connectivity index (χ0v) is 11.5. The maximum Gasteiger partial charge on any atom is 0.243 e. The monoisotopic (exact) mass is 273 g/mol. The number of anilines is 1. The highest BCUT2D eigenvalue weighted by Gasteiger charge is 2.17. The molecule has 102 valence electrons. The molecule has 0 fully saturated rings. The summed E-state index contributed by atoms with van der Waals surface area (Å²) in [5.41, 5.74) is 2.23. The second-order valence-electron chi connectivity index (χ2n) is 4.46. The molecule has 1 heterocycles. The van der Waals surface area contributed by atoms with Gasteiger partial charge in [0.05, 0.1) is 12.4 Å². The van der Waals surface area contributed by atoms with Gasteiger partial charge in [-0.15, -0.1) is 0 Å². The van der Waals surface area contributed by atoms with Crippen LogP contribution in [-0.2, 0) is 10.0 Å². The number of nitrogens with zero attached hydrogens (tertiary/aromatic N) is 2. The Labute approximate surface area is 107 Å². The van der Waals surface area contributed by atoms with Crippen LogP contribution in [0, 0.1) is 11.8 Å². The van der Waals surface area contributed by atoms with Gasteiger partial charge < -0.3 is 0 Å². The summed E-state index contributed by atoms with van der Waals surface area (Å²) in [6.07, 6.45) is 2.43. The van der Waals surface area contributed by atoms with Gasteiger partial charge in [-0.05, 0) is 11.8 Å². The summed E-state index contributed by atoms with van der Waals surface area (Å²) in [6.45, 7) is 6.47. The third-order valence-electron chi connectivity index (χ3n) is 2.80. The summed E-state index contributed by atoms with van der Waals surface area (Å²) in [4.78, 5) is 7.54. The highest BCUT2D eigenvalue weighted by atomic mass is 32.2. The SMILES string of the molecule is CC(C)C(C)CNS(=O)(=O)c1cnc(NN)nc1. The molecule has 0 saturated heterocycles. The van der Waals surface area contributed by atoms with Crippen molar-refractivity contribution in [2.75, 3.05) is 12.0 Å². The van der Waals surface area contributed by atoms with Gasteiger partial charge in [0.1, 0.15) is 4.90 Å². The zero-order valence-electron chi connectivity index (χ0n) is 10.7. The molecule has 0 saturated carbocycles. The fourth-order valence-electron chi connectivity index (χ4n) is 1.09. The standard InChI is InChI=1S/C10H19N5O2S/c1-7(2)8(3)4-14-18(16,17)9-5-12-10(15-11)13-6-9/h5-8,14H,4,11H2,1-3H3,(H,12,13,15). The number of nitrogens with one attached hydrogen (secondary N) is 2. The molecule has 0 bridgehead atoms. The third-order valence-corrected chi connectivity index (χ3v) is 4.18. The summed E-state index contributed by atoms with van der Waals surface area (Å²) in [5, 5.41) is 0. The highest BCUT2D eigenvalue weighted by Crippen LogP contribution is 2.11. The molecule has 0 aliphatic carbocycles. The van der Waals surface area contributed by atoms with Crippen molar-refractivity contribution in [3.63, 3.8) is 0 Å². The Morgan fingerprint density at radius 3 is 2.28 bits per heavy atom. The van der Waals surface area contributed by atoms with Gasteiger partial charge in [0.25, 0.3) is 0 Å². The largest absolute Gasteiger partial charge is 0.292 e. The average Bonchev–Trinajstić information content (AvgIpc) is 2.36. The Kier molecular flexibility index (Phi) is 5.00. The Balaban J connectivity index is 2.73. The first-order valence-corrected chi connectivity index (χ1v) is 7.13. The lowest BCUT2D eigenvalue weighted by Gasteiger charge is -2.16. The van der Waals surface area contributed by atoms with Crippen LogP contribution >= 0.6 is 0 Å². The molecular weight excluding hydrogens is 254 g/mol. The average molecular weight is 273 g/mol. The summed E-state index contributed by atoms with van der Waals surface area (Å²) in [6, 6.07) is 0. The third kappa shape index (κ3) is 3.90. The van der Waals surface area contributed by atoms with E-state index in [1.165, 1.54) is 12.4 Å². The predicted octanol–water partition coefficient (Wildman–Crippen LogP) is 0.333. The molecular formula is C10H19N5O2S. The van der Waals surface area contributed by atoms with Crippen molar-refractivity contribution in [2.45, 2.75) is 25.7 Å². The first-order chi connectivity index (χ1) is 8.36. The minimum atomic E-state index is -3.56. The van der Waals surface area contributed by atoms with Crippen LogP contribution in [0.5, 0.6) is 0 Å². The molecule has 0 spiro atoms. The molecule has 4 N–H and O–H groups in total. The predicted molar refractivity (Wildman–Crippen MR) is 69.0 cm³/mol. The van der Waals surface area contributed by atoms with E-state index < -0.39 is 10.0 Å². The van der Waals surface area contributed by atoms with Crippen molar-refractivity contribution >= 4 is 16.0 Å². The smallest absolute Gasteiger partial charge is 0.243 e. The van der Waals surface area contributed by atoms with Crippen LogP contribution in [-0.4, -0.2) is 24.9 Å². The van der Waals surface area contributed by atoms with E-state index in [1.807, 2.05) is 20.8 Å². The molecule has 18 heavy (non-hydrogen) atoms. The Morgan fingerprint density at radius 1 is 1.28 bits per heavy atom. The van der Waals surface area contributed by atoms with E-state index in [9.17, 15) is 8.42 Å². The normalized spacial score (nSPS) is 13.6. The Morgan fingerprint density at radius 2 is 1.83 bits per heavy atom. The van der Waals surface area contributed by atoms with Crippen molar-refractivity contribution < 1.29 is 8.42 Å². The van der Waals surface area contributed by atoms with E-state index in [0.29, 0.717) is 12.5 Å². The molecule has 0 aromatic carbocycles. The fourth-order valence-corrected chi connectivity index (χ4v) is 2.12. The Bertz CT molecular complexity index is 472. The van der Waals surface area contributed by atoms with Crippen molar-refractivity contribution in [3.05, 3.63) is 12.4 Å². The molecule has 0 aliphatic heterocycles. The number of sulfonamides is 1. The molecule has 7 nitrogen and oxygen atoms in total. The molecule has 1 aromatic heterocycles. The number of rotatable bonds is 6. The van der Waals surface area contributed by atoms with Crippen molar-refractivity contribution in [2.24, 2.45) is 17.7 Å². The summed E-state index contributed by atoms with van der Waals surface area (Å²) >= 11 is 0. The maximum atomic E-state index is 11.9. The number of nitrogen functional groups attached to an aromatic ring is 1. The molecule has 0 amide bonds. The lowest BCUT2D eigenvalue weighted by Crippen LogP contribution is -2.30. The van der Waals surface area contributed by atoms with E-state index >= 15 is 0 Å². The molecule has 8 heteroatoms. The van der Waals surface area contributed by atoms with Gasteiger partial charge in [-0.25, -0.2) is 29.0 Å². The quantitative estimate of drug-likeness (QED) is 0.509. The van der Waals surface area contributed by atoms with Gasteiger partial charge in [-0.2, -0.15) is 0 Å². The number of hydrogen-bond donors (Lipinski definition) is 3. The summed E-state index contributed by atoms with van der Waals surface area (Å²) < 4.78 is 26.4. The molecule has 1 atom stereocenters. The molecule has 1 rings (SSSR count). The van der Waals surface area contributed by atoms with Gasteiger partial charge in [0.15, 0.2) is 0 Å². The topological polar surface area (TPSA) is 110 Å². The van der Waals surface area contributed by atoms with E-state index in [1.54, 1.807) is 0 Å². The van der Waals surface area contributed by atoms with Crippen molar-refractivity contribution in [1.29, 1.82) is 0 Å². The van der Waals surface area contributed by atoms with Gasteiger partial charge in [-0.1, -0.05) is 20.8 Å². The van der Waals surface area contributed by atoms with Crippen LogP contribution in [0.3, 0.4) is 0 Å². The van der Waals surface area contributed by atoms with E-state index in [4.69, 9.17) is 5.84 Å². The molecule has 0 radical (unpaired) electrons. The van der Waals surface area contributed by atoms with Crippen molar-refractivity contribution in [1.82, 2.24) is 14.7 Å². The van der Waals surface area contributed by atoms with E-state index in [-0.39, 0.29) is 16.8 Å². The van der Waals surface area contributed by atoms with E-state index in [2.05, 4.69) is 20.1 Å². The van der Waals surface area contributed by atoms with Gasteiger partial charge in [-0.3, -0.25) is 5.43 Å². The van der Waals surface area contributed by atoms with Crippen LogP contribution in [0.4, 0.5) is 5.95 Å². The van der Waals surface area contributed by atoms with Crippen molar-refractivity contribution in [3.8, 4) is 0 Å². The lowest BCUT2D eigenvalue weighted by atomic mass is 9.99. The second kappa shape index (κ2) is 6.07. The first kappa shape index (κ1) is 14.8. The van der Waals surface area contributed by atoms with Crippen LogP contribution in [0.15, 0.2) is 17.3 Å². The van der Waals surface area contributed by atoms with Crippen LogP contribution in [0.25, 0.3) is 0 Å². The highest BCUT2D eigenvalue weighted by molar-refractivity contribution is 7.89. The Hall–Kier alpha value is -1.25. The van der Waals surface area contributed by atoms with Crippen LogP contribution in [0.1, 0.15) is 20.8 Å². The zero-order chi connectivity index (χ0) is 13.8. The van der Waals surface area contributed by atoms with Gasteiger partial charge >= 0.3 is 0 Å². The molecule has 0 aliphatic rings. The second-order valence-corrected chi connectivity index (χ2v) is 6.23. The molecule has 1 unspecified atom stereocenters. The number of hydrogen-bond acceptors (Lipinski definition) is 6. The number of nitrogens with two attached hydrogens (primary N) is 1. The fraction of sp³-hybridized carbons (Fsp3) is 0.600. The minimum Gasteiger partial charge on any atom is -0.292 e. The van der Waals surface area contributed by atoms with Crippen LogP contribution < -0.4 is 16.0 Å². The molecule has 1 aromatic rings. The van der Waals surface area contributed by atoms with Gasteiger partial charge in [0, 0.05) is 6.54 Å². The summed E-state index contributed by atoms with van der Waals surface area (Å²) in [5.74, 6) is 5.94. The maximum absolute atomic E-state index is 11.9. The lowest BCUT2D eigenvalue weighted by molar-refractivity contribution is 0.414. The minimum absolute atomic E-state index is 0.0254. The van der Waals surface area contributed by atoms with Gasteiger partial charge in [0.2, 0.25) is 16.0 Å². The first-order valence-electron chi connectivity index (χ1n) is 5.65. The van der Waals surface area contributed by atoms with Crippen LogP contribution in [0.2, 0.25) is 0 Å². The van der Waals surface area contributed by atoms with E-state index in [0.717, 1.165) is 0 Å². The number of hydrazine groups is 1. The number of aromatic nitrogens is 2. The summed E-state index contributed by atoms with van der Waals surface area (Å²) in [7, 11) is -3.56.